The topological polar surface area (TPSA) is 49.9 Å². The molecule has 5 heteroatoms. The molecule has 2 unspecified atom stereocenters. The molecule has 2 heterocycles. The van der Waals surface area contributed by atoms with E-state index in [-0.39, 0.29) is 29.6 Å². The summed E-state index contributed by atoms with van der Waals surface area (Å²) in [5.74, 6) is 0.598. The van der Waals surface area contributed by atoms with Crippen LogP contribution in [-0.2, 0) is 16.1 Å². The van der Waals surface area contributed by atoms with Crippen molar-refractivity contribution in [2.24, 2.45) is 11.3 Å². The maximum Gasteiger partial charge on any atom is 0.410 e. The first-order valence-electron chi connectivity index (χ1n) is 10.5. The van der Waals surface area contributed by atoms with Crippen molar-refractivity contribution in [2.75, 3.05) is 19.6 Å². The van der Waals surface area contributed by atoms with Gasteiger partial charge < -0.3 is 14.5 Å². The molecule has 2 saturated heterocycles. The monoisotopic (exact) mass is 386 g/mol. The summed E-state index contributed by atoms with van der Waals surface area (Å²) >= 11 is 0. The minimum absolute atomic E-state index is 0.153. The molecule has 0 radical (unpaired) electrons. The van der Waals surface area contributed by atoms with E-state index < -0.39 is 0 Å². The van der Waals surface area contributed by atoms with E-state index in [0.717, 1.165) is 31.4 Å². The molecular weight excluding hydrogens is 352 g/mol. The summed E-state index contributed by atoms with van der Waals surface area (Å²) in [6.07, 6.45) is 3.08. The molecule has 28 heavy (non-hydrogen) atoms. The molecule has 2 amide bonds. The van der Waals surface area contributed by atoms with Crippen LogP contribution in [0.15, 0.2) is 30.3 Å². The molecule has 2 fully saturated rings. The van der Waals surface area contributed by atoms with Crippen LogP contribution >= 0.6 is 0 Å². The zero-order valence-electron chi connectivity index (χ0n) is 17.7. The lowest BCUT2D eigenvalue weighted by molar-refractivity contribution is -0.145. The van der Waals surface area contributed by atoms with E-state index >= 15 is 0 Å². The maximum atomic E-state index is 12.8. The van der Waals surface area contributed by atoms with Gasteiger partial charge in [-0.3, -0.25) is 4.79 Å². The largest absolute Gasteiger partial charge is 0.445 e. The van der Waals surface area contributed by atoms with Crippen molar-refractivity contribution in [3.63, 3.8) is 0 Å². The Labute approximate surface area is 169 Å². The standard InChI is InChI=1S/C23H34N2O3/c1-18-15-25(21(27)28-16-19-9-6-5-7-10-19)23(18)12-8-14-24(17-23)20(26)11-13-22(2,3)4/h5-7,9-10,18H,8,11-17H2,1-4H3. The Morgan fingerprint density at radius 2 is 1.93 bits per heavy atom. The van der Waals surface area contributed by atoms with Crippen molar-refractivity contribution in [3.8, 4) is 0 Å². The molecule has 1 aromatic rings. The molecule has 3 rings (SSSR count). The van der Waals surface area contributed by atoms with Crippen LogP contribution in [0, 0.1) is 11.3 Å². The number of hydrogen-bond donors (Lipinski definition) is 0. The highest BCUT2D eigenvalue weighted by atomic mass is 16.6. The summed E-state index contributed by atoms with van der Waals surface area (Å²) in [6, 6.07) is 9.75. The van der Waals surface area contributed by atoms with Gasteiger partial charge in [0.1, 0.15) is 6.61 Å². The van der Waals surface area contributed by atoms with Gasteiger partial charge in [-0.15, -0.1) is 0 Å². The van der Waals surface area contributed by atoms with Crippen LogP contribution in [0.2, 0.25) is 0 Å². The summed E-state index contributed by atoms with van der Waals surface area (Å²) < 4.78 is 5.58. The van der Waals surface area contributed by atoms with Gasteiger partial charge in [-0.1, -0.05) is 58.0 Å². The van der Waals surface area contributed by atoms with Crippen LogP contribution in [0.3, 0.4) is 0 Å². The fourth-order valence-corrected chi connectivity index (χ4v) is 4.37. The van der Waals surface area contributed by atoms with Gasteiger partial charge in [0, 0.05) is 26.1 Å². The lowest BCUT2D eigenvalue weighted by Crippen LogP contribution is -2.73. The summed E-state index contributed by atoms with van der Waals surface area (Å²) in [7, 11) is 0. The van der Waals surface area contributed by atoms with E-state index in [1.807, 2.05) is 40.1 Å². The third kappa shape index (κ3) is 4.50. The normalized spacial score (nSPS) is 24.8. The highest BCUT2D eigenvalue weighted by Crippen LogP contribution is 2.43. The number of carbonyl (C=O) groups excluding carboxylic acids is 2. The van der Waals surface area contributed by atoms with Crippen molar-refractivity contribution < 1.29 is 14.3 Å². The van der Waals surface area contributed by atoms with Gasteiger partial charge >= 0.3 is 6.09 Å². The van der Waals surface area contributed by atoms with Gasteiger partial charge in [0.05, 0.1) is 5.54 Å². The molecule has 154 valence electrons. The van der Waals surface area contributed by atoms with Crippen molar-refractivity contribution in [1.82, 2.24) is 9.80 Å². The Morgan fingerprint density at radius 3 is 2.57 bits per heavy atom. The summed E-state index contributed by atoms with van der Waals surface area (Å²) in [5, 5.41) is 0. The lowest BCUT2D eigenvalue weighted by Gasteiger charge is -2.60. The molecule has 0 N–H and O–H groups in total. The molecule has 5 nitrogen and oxygen atoms in total. The number of carbonyl (C=O) groups is 2. The highest BCUT2D eigenvalue weighted by Gasteiger charge is 2.56. The molecule has 2 aliphatic heterocycles. The SMILES string of the molecule is CC1CN(C(=O)OCc2ccccc2)C12CCCN(C(=O)CCC(C)(C)C)C2. The van der Waals surface area contributed by atoms with Crippen molar-refractivity contribution in [1.29, 1.82) is 0 Å². The second kappa shape index (κ2) is 8.14. The lowest BCUT2D eigenvalue weighted by atomic mass is 9.70. The predicted molar refractivity (Wildman–Crippen MR) is 110 cm³/mol. The van der Waals surface area contributed by atoms with Crippen LogP contribution < -0.4 is 0 Å². The zero-order valence-corrected chi connectivity index (χ0v) is 17.7. The van der Waals surface area contributed by atoms with Crippen molar-refractivity contribution in [3.05, 3.63) is 35.9 Å². The second-order valence-corrected chi connectivity index (χ2v) is 9.63. The third-order valence-electron chi connectivity index (χ3n) is 6.28. The van der Waals surface area contributed by atoms with Gasteiger partial charge in [0.2, 0.25) is 5.91 Å². The molecule has 1 aromatic carbocycles. The zero-order chi connectivity index (χ0) is 20.4. The number of benzene rings is 1. The minimum Gasteiger partial charge on any atom is -0.445 e. The van der Waals surface area contributed by atoms with Crippen molar-refractivity contribution >= 4 is 12.0 Å². The average molecular weight is 387 g/mol. The molecule has 2 atom stereocenters. The summed E-state index contributed by atoms with van der Waals surface area (Å²) in [5.41, 5.74) is 0.880. The number of ether oxygens (including phenoxy) is 1. The Hall–Kier alpha value is -2.04. The molecule has 0 aromatic heterocycles. The number of amides is 2. The molecule has 0 saturated carbocycles. The van der Waals surface area contributed by atoms with Gasteiger partial charge in [-0.2, -0.15) is 0 Å². The Kier molecular flexibility index (Phi) is 6.01. The van der Waals surface area contributed by atoms with E-state index in [1.165, 1.54) is 0 Å². The molecule has 1 spiro atoms. The number of nitrogens with zero attached hydrogens (tertiary/aromatic N) is 2. The fraction of sp³-hybridized carbons (Fsp3) is 0.652. The average Bonchev–Trinajstić information content (AvgIpc) is 2.68. The third-order valence-corrected chi connectivity index (χ3v) is 6.28. The number of rotatable bonds is 4. The van der Waals surface area contributed by atoms with Crippen LogP contribution in [-0.4, -0.2) is 47.0 Å². The Morgan fingerprint density at radius 1 is 1.21 bits per heavy atom. The molecule has 0 aliphatic carbocycles. The van der Waals surface area contributed by atoms with Crippen LogP contribution in [0.5, 0.6) is 0 Å². The first-order valence-corrected chi connectivity index (χ1v) is 10.5. The number of piperidine rings is 1. The van der Waals surface area contributed by atoms with Gasteiger partial charge in [0.15, 0.2) is 0 Å². The van der Waals surface area contributed by atoms with Gasteiger partial charge in [-0.25, -0.2) is 4.79 Å². The van der Waals surface area contributed by atoms with Crippen LogP contribution in [0.1, 0.15) is 58.9 Å². The molecular formula is C23H34N2O3. The smallest absolute Gasteiger partial charge is 0.410 e. The van der Waals surface area contributed by atoms with Gasteiger partial charge in [0.25, 0.3) is 0 Å². The van der Waals surface area contributed by atoms with Crippen molar-refractivity contribution in [2.45, 2.75) is 65.5 Å². The van der Waals surface area contributed by atoms with Crippen LogP contribution in [0.4, 0.5) is 4.79 Å². The first kappa shape index (κ1) is 20.7. The van der Waals surface area contributed by atoms with E-state index in [4.69, 9.17) is 4.74 Å². The van der Waals surface area contributed by atoms with E-state index in [1.54, 1.807) is 0 Å². The number of hydrogen-bond acceptors (Lipinski definition) is 3. The fourth-order valence-electron chi connectivity index (χ4n) is 4.37. The van der Waals surface area contributed by atoms with E-state index in [9.17, 15) is 9.59 Å². The van der Waals surface area contributed by atoms with E-state index in [0.29, 0.717) is 25.4 Å². The second-order valence-electron chi connectivity index (χ2n) is 9.63. The quantitative estimate of drug-likeness (QED) is 0.767. The minimum atomic E-state index is -0.261. The van der Waals surface area contributed by atoms with E-state index in [2.05, 4.69) is 27.7 Å². The Bertz CT molecular complexity index is 698. The summed E-state index contributed by atoms with van der Waals surface area (Å²) in [6.45, 7) is 11.1. The highest BCUT2D eigenvalue weighted by molar-refractivity contribution is 5.77. The van der Waals surface area contributed by atoms with Crippen LogP contribution in [0.25, 0.3) is 0 Å². The first-order chi connectivity index (χ1) is 13.2. The number of likely N-dealkylation sites (tertiary alicyclic amines) is 2. The summed E-state index contributed by atoms with van der Waals surface area (Å²) in [4.78, 5) is 29.3. The maximum absolute atomic E-state index is 12.8. The van der Waals surface area contributed by atoms with Gasteiger partial charge in [-0.05, 0) is 36.2 Å². The molecule has 0 bridgehead atoms. The predicted octanol–water partition coefficient (Wildman–Crippen LogP) is 4.46. The Balaban J connectivity index is 1.60. The molecule has 2 aliphatic rings.